The maximum atomic E-state index is 4.36. The molecule has 19 heavy (non-hydrogen) atoms. The van der Waals surface area contributed by atoms with Gasteiger partial charge in [0, 0.05) is 11.2 Å². The van der Waals surface area contributed by atoms with Crippen molar-refractivity contribution < 1.29 is 0 Å². The number of aryl methyl sites for hydroxylation is 1. The van der Waals surface area contributed by atoms with Crippen LogP contribution < -0.4 is 0 Å². The molecule has 2 aliphatic carbocycles. The average molecular weight is 288 g/mol. The lowest BCUT2D eigenvalue weighted by Gasteiger charge is -2.22. The second kappa shape index (κ2) is 4.91. The van der Waals surface area contributed by atoms with Crippen LogP contribution in [0.15, 0.2) is 28.6 Å². The zero-order valence-electron chi connectivity index (χ0n) is 10.7. The summed E-state index contributed by atoms with van der Waals surface area (Å²) in [5.41, 5.74) is 3.06. The summed E-state index contributed by atoms with van der Waals surface area (Å²) in [6, 6.07) is 8.85. The van der Waals surface area contributed by atoms with Gasteiger partial charge >= 0.3 is 0 Å². The Bertz CT molecular complexity index is 589. The van der Waals surface area contributed by atoms with Crippen LogP contribution in [0.1, 0.15) is 41.3 Å². The molecular weight excluding hydrogens is 272 g/mol. The van der Waals surface area contributed by atoms with E-state index in [-0.39, 0.29) is 0 Å². The minimum Gasteiger partial charge on any atom is -0.142 e. The second-order valence-electron chi connectivity index (χ2n) is 5.43. The lowest BCUT2D eigenvalue weighted by molar-refractivity contribution is 0.701. The van der Waals surface area contributed by atoms with Crippen molar-refractivity contribution in [1.82, 2.24) is 10.2 Å². The number of fused-ring (bicyclic) bond motifs is 1. The summed E-state index contributed by atoms with van der Waals surface area (Å²) in [5, 5.41) is 10.6. The fraction of sp³-hybridized carbons (Fsp3) is 0.467. The summed E-state index contributed by atoms with van der Waals surface area (Å²) in [7, 11) is 0. The van der Waals surface area contributed by atoms with Gasteiger partial charge in [-0.3, -0.25) is 0 Å². The molecule has 2 aromatic rings. The molecule has 0 aliphatic heterocycles. The second-order valence-corrected chi connectivity index (χ2v) is 7.99. The molecule has 0 N–H and O–H groups in total. The minimum atomic E-state index is 0.676. The molecule has 1 aromatic heterocycles. The van der Waals surface area contributed by atoms with Crippen LogP contribution in [0, 0.1) is 0 Å². The predicted molar refractivity (Wildman–Crippen MR) is 80.0 cm³/mol. The van der Waals surface area contributed by atoms with Crippen LogP contribution in [0.25, 0.3) is 0 Å². The lowest BCUT2D eigenvalue weighted by atomic mass is 9.92. The van der Waals surface area contributed by atoms with Gasteiger partial charge in [-0.1, -0.05) is 47.4 Å². The first-order valence-electron chi connectivity index (χ1n) is 6.95. The van der Waals surface area contributed by atoms with Crippen molar-refractivity contribution in [1.29, 1.82) is 0 Å². The number of hydrogen-bond donors (Lipinski definition) is 0. The van der Waals surface area contributed by atoms with Crippen molar-refractivity contribution in [3.63, 3.8) is 0 Å². The van der Waals surface area contributed by atoms with Crippen LogP contribution in [0.2, 0.25) is 0 Å². The van der Waals surface area contributed by atoms with E-state index in [2.05, 4.69) is 34.5 Å². The molecule has 1 saturated carbocycles. The van der Waals surface area contributed by atoms with Gasteiger partial charge in [0.2, 0.25) is 0 Å². The predicted octanol–water partition coefficient (Wildman–Crippen LogP) is 4.07. The molecule has 0 amide bonds. The average Bonchev–Trinajstić information content (AvgIpc) is 3.20. The molecular formula is C15H16N2S2. The van der Waals surface area contributed by atoms with Gasteiger partial charge in [0.1, 0.15) is 5.01 Å². The molecule has 1 atom stereocenters. The van der Waals surface area contributed by atoms with Crippen LogP contribution in [0.4, 0.5) is 0 Å². The van der Waals surface area contributed by atoms with E-state index in [4.69, 9.17) is 0 Å². The quantitative estimate of drug-likeness (QED) is 0.851. The van der Waals surface area contributed by atoms with Crippen molar-refractivity contribution in [2.45, 2.75) is 47.6 Å². The maximum absolute atomic E-state index is 4.36. The highest BCUT2D eigenvalue weighted by Gasteiger charge is 2.28. The first kappa shape index (κ1) is 11.9. The molecule has 1 unspecified atom stereocenters. The lowest BCUT2D eigenvalue weighted by Crippen LogP contribution is -2.15. The largest absolute Gasteiger partial charge is 0.174 e. The monoisotopic (exact) mass is 288 g/mol. The first-order chi connectivity index (χ1) is 9.38. The van der Waals surface area contributed by atoms with Gasteiger partial charge in [-0.2, -0.15) is 0 Å². The van der Waals surface area contributed by atoms with E-state index in [1.165, 1.54) is 52.6 Å². The molecule has 1 heterocycles. The molecule has 4 rings (SSSR count). The Morgan fingerprint density at radius 3 is 2.74 bits per heavy atom. The molecule has 0 bridgehead atoms. The van der Waals surface area contributed by atoms with Crippen LogP contribution in [-0.4, -0.2) is 15.4 Å². The SMILES string of the molecule is c1ccc2c(c1)CCC(Sc1nnc(C3CC3)s1)C2. The highest BCUT2D eigenvalue weighted by atomic mass is 32.2. The van der Waals surface area contributed by atoms with Crippen LogP contribution in [0.3, 0.4) is 0 Å². The van der Waals surface area contributed by atoms with Gasteiger partial charge in [0.15, 0.2) is 4.34 Å². The third-order valence-corrected chi connectivity index (χ3v) is 6.36. The van der Waals surface area contributed by atoms with Gasteiger partial charge in [-0.25, -0.2) is 0 Å². The summed E-state index contributed by atoms with van der Waals surface area (Å²) in [4.78, 5) is 0. The van der Waals surface area contributed by atoms with E-state index >= 15 is 0 Å². The van der Waals surface area contributed by atoms with Crippen molar-refractivity contribution in [3.8, 4) is 0 Å². The highest BCUT2D eigenvalue weighted by Crippen LogP contribution is 2.43. The Balaban J connectivity index is 1.46. The van der Waals surface area contributed by atoms with Crippen molar-refractivity contribution in [2.75, 3.05) is 0 Å². The first-order valence-corrected chi connectivity index (χ1v) is 8.65. The minimum absolute atomic E-state index is 0.676. The van der Waals surface area contributed by atoms with E-state index in [0.29, 0.717) is 5.25 Å². The number of thioether (sulfide) groups is 1. The molecule has 0 spiro atoms. The fourth-order valence-electron chi connectivity index (χ4n) is 2.67. The van der Waals surface area contributed by atoms with E-state index in [0.717, 1.165) is 5.92 Å². The number of aromatic nitrogens is 2. The third-order valence-electron chi connectivity index (χ3n) is 3.92. The van der Waals surface area contributed by atoms with E-state index in [1.807, 2.05) is 23.1 Å². The molecule has 98 valence electrons. The van der Waals surface area contributed by atoms with Gasteiger partial charge in [0.05, 0.1) is 0 Å². The smallest absolute Gasteiger partial charge is 0.142 e. The molecule has 2 nitrogen and oxygen atoms in total. The van der Waals surface area contributed by atoms with Crippen LogP contribution >= 0.6 is 23.1 Å². The zero-order chi connectivity index (χ0) is 12.7. The molecule has 4 heteroatoms. The van der Waals surface area contributed by atoms with Crippen molar-refractivity contribution in [2.24, 2.45) is 0 Å². The Morgan fingerprint density at radius 2 is 1.89 bits per heavy atom. The number of rotatable bonds is 3. The number of hydrogen-bond acceptors (Lipinski definition) is 4. The molecule has 0 radical (unpaired) electrons. The fourth-order valence-corrected chi connectivity index (χ4v) is 5.14. The molecule has 0 saturated heterocycles. The Kier molecular flexibility index (Phi) is 3.08. The van der Waals surface area contributed by atoms with E-state index in [9.17, 15) is 0 Å². The topological polar surface area (TPSA) is 25.8 Å². The van der Waals surface area contributed by atoms with Crippen molar-refractivity contribution >= 4 is 23.1 Å². The Labute approximate surface area is 121 Å². The number of benzene rings is 1. The van der Waals surface area contributed by atoms with Gasteiger partial charge in [0.25, 0.3) is 0 Å². The van der Waals surface area contributed by atoms with Gasteiger partial charge in [-0.15, -0.1) is 10.2 Å². The third kappa shape index (κ3) is 2.56. The molecule has 1 fully saturated rings. The summed E-state index contributed by atoms with van der Waals surface area (Å²) >= 11 is 3.76. The number of nitrogens with zero attached hydrogens (tertiary/aromatic N) is 2. The molecule has 2 aliphatic rings. The zero-order valence-corrected chi connectivity index (χ0v) is 12.3. The summed E-state index contributed by atoms with van der Waals surface area (Å²) in [6.45, 7) is 0. The molecule has 1 aromatic carbocycles. The van der Waals surface area contributed by atoms with E-state index in [1.54, 1.807) is 0 Å². The van der Waals surface area contributed by atoms with Gasteiger partial charge in [-0.05, 0) is 43.2 Å². The van der Waals surface area contributed by atoms with Gasteiger partial charge < -0.3 is 0 Å². The highest BCUT2D eigenvalue weighted by molar-refractivity contribution is 8.01. The van der Waals surface area contributed by atoms with Crippen molar-refractivity contribution in [3.05, 3.63) is 40.4 Å². The summed E-state index contributed by atoms with van der Waals surface area (Å²) in [5.74, 6) is 0.735. The summed E-state index contributed by atoms with van der Waals surface area (Å²) in [6.07, 6.45) is 6.29. The van der Waals surface area contributed by atoms with Crippen LogP contribution in [0.5, 0.6) is 0 Å². The normalized spacial score (nSPS) is 22.2. The maximum Gasteiger partial charge on any atom is 0.174 e. The Hall–Kier alpha value is -0.870. The van der Waals surface area contributed by atoms with Crippen LogP contribution in [-0.2, 0) is 12.8 Å². The standard InChI is InChI=1S/C15H16N2S2/c1-2-4-12-9-13(8-7-10(12)3-1)18-15-17-16-14(19-15)11-5-6-11/h1-4,11,13H,5-9H2. The Morgan fingerprint density at radius 1 is 1.05 bits per heavy atom. The van der Waals surface area contributed by atoms with E-state index < -0.39 is 0 Å². The summed E-state index contributed by atoms with van der Waals surface area (Å²) < 4.78 is 1.17.